The lowest BCUT2D eigenvalue weighted by atomic mass is 9.85. The third kappa shape index (κ3) is 2.09. The highest BCUT2D eigenvalue weighted by molar-refractivity contribution is 5.84. The molecule has 0 amide bonds. The van der Waals surface area contributed by atoms with Crippen molar-refractivity contribution in [3.63, 3.8) is 0 Å². The number of hydrogen-bond acceptors (Lipinski definition) is 2. The van der Waals surface area contributed by atoms with Gasteiger partial charge in [0.15, 0.2) is 0 Å². The highest BCUT2D eigenvalue weighted by atomic mass is 16.5. The lowest BCUT2D eigenvalue weighted by Gasteiger charge is -2.25. The summed E-state index contributed by atoms with van der Waals surface area (Å²) in [6, 6.07) is 22.5. The molecule has 1 aliphatic rings. The number of ether oxygens (including phenoxy) is 1. The Kier molecular flexibility index (Phi) is 2.74. The van der Waals surface area contributed by atoms with E-state index in [9.17, 15) is 4.79 Å². The zero-order valence-corrected chi connectivity index (χ0v) is 11.5. The Labute approximate surface area is 123 Å². The molecule has 0 aromatic heterocycles. The monoisotopic (exact) mass is 274 g/mol. The molecule has 3 aromatic carbocycles. The summed E-state index contributed by atoms with van der Waals surface area (Å²) in [5.74, 6) is 0.603. The van der Waals surface area contributed by atoms with Crippen molar-refractivity contribution in [1.29, 1.82) is 0 Å². The van der Waals surface area contributed by atoms with Gasteiger partial charge in [0.25, 0.3) is 0 Å². The highest BCUT2D eigenvalue weighted by Gasteiger charge is 2.27. The number of rotatable bonds is 1. The van der Waals surface area contributed by atoms with Crippen LogP contribution in [0.1, 0.15) is 23.5 Å². The van der Waals surface area contributed by atoms with Crippen LogP contribution in [-0.2, 0) is 4.79 Å². The van der Waals surface area contributed by atoms with E-state index in [0.717, 1.165) is 11.1 Å². The van der Waals surface area contributed by atoms with Gasteiger partial charge in [-0.05, 0) is 22.4 Å². The number of esters is 1. The van der Waals surface area contributed by atoms with Crippen molar-refractivity contribution >= 4 is 16.7 Å². The molecule has 1 heterocycles. The summed E-state index contributed by atoms with van der Waals surface area (Å²) in [4.78, 5) is 11.9. The molecule has 0 bridgehead atoms. The number of para-hydroxylation sites is 1. The van der Waals surface area contributed by atoms with Crippen molar-refractivity contribution in [2.45, 2.75) is 12.3 Å². The Morgan fingerprint density at radius 1 is 0.857 bits per heavy atom. The van der Waals surface area contributed by atoms with E-state index in [2.05, 4.69) is 30.3 Å². The molecule has 0 N–H and O–H groups in total. The normalized spacial score (nSPS) is 17.3. The molecule has 21 heavy (non-hydrogen) atoms. The average molecular weight is 274 g/mol. The fourth-order valence-electron chi connectivity index (χ4n) is 3.02. The maximum Gasteiger partial charge on any atom is 0.312 e. The second kappa shape index (κ2) is 4.74. The van der Waals surface area contributed by atoms with Gasteiger partial charge in [-0.15, -0.1) is 0 Å². The number of carbonyl (C=O) groups excluding carboxylic acids is 1. The van der Waals surface area contributed by atoms with Gasteiger partial charge in [-0.2, -0.15) is 0 Å². The molecule has 1 atom stereocenters. The first-order valence-electron chi connectivity index (χ1n) is 7.09. The molecule has 3 aromatic rings. The van der Waals surface area contributed by atoms with Gasteiger partial charge in [-0.25, -0.2) is 0 Å². The zero-order chi connectivity index (χ0) is 14.2. The Bertz CT molecular complexity index is 836. The van der Waals surface area contributed by atoms with Gasteiger partial charge < -0.3 is 4.74 Å². The molecule has 0 spiro atoms. The van der Waals surface area contributed by atoms with E-state index >= 15 is 0 Å². The van der Waals surface area contributed by atoms with Crippen molar-refractivity contribution in [1.82, 2.24) is 0 Å². The van der Waals surface area contributed by atoms with Crippen LogP contribution in [0.5, 0.6) is 5.75 Å². The lowest BCUT2D eigenvalue weighted by Crippen LogP contribution is -2.20. The highest BCUT2D eigenvalue weighted by Crippen LogP contribution is 2.39. The molecule has 0 saturated carbocycles. The summed E-state index contributed by atoms with van der Waals surface area (Å²) in [6.07, 6.45) is 0.398. The van der Waals surface area contributed by atoms with Gasteiger partial charge in [-0.1, -0.05) is 60.7 Å². The van der Waals surface area contributed by atoms with Crippen molar-refractivity contribution in [2.24, 2.45) is 0 Å². The molecule has 0 aliphatic carbocycles. The minimum atomic E-state index is -0.160. The Morgan fingerprint density at radius 2 is 1.62 bits per heavy atom. The molecular weight excluding hydrogens is 260 g/mol. The van der Waals surface area contributed by atoms with E-state index in [1.807, 2.05) is 36.4 Å². The first-order chi connectivity index (χ1) is 10.3. The Hall–Kier alpha value is -2.61. The second-order valence-electron chi connectivity index (χ2n) is 5.38. The number of carbonyl (C=O) groups is 1. The maximum atomic E-state index is 11.9. The van der Waals surface area contributed by atoms with Gasteiger partial charge in [0, 0.05) is 11.5 Å². The van der Waals surface area contributed by atoms with Crippen LogP contribution in [0.4, 0.5) is 0 Å². The zero-order valence-electron chi connectivity index (χ0n) is 11.5. The van der Waals surface area contributed by atoms with Crippen molar-refractivity contribution in [3.05, 3.63) is 77.9 Å². The molecule has 2 nitrogen and oxygen atoms in total. The van der Waals surface area contributed by atoms with Gasteiger partial charge in [0.05, 0.1) is 6.42 Å². The van der Waals surface area contributed by atoms with E-state index in [4.69, 9.17) is 4.74 Å². The molecule has 0 fully saturated rings. The van der Waals surface area contributed by atoms with Gasteiger partial charge >= 0.3 is 5.97 Å². The predicted molar refractivity (Wildman–Crippen MR) is 82.5 cm³/mol. The van der Waals surface area contributed by atoms with E-state index in [1.165, 1.54) is 10.8 Å². The summed E-state index contributed by atoms with van der Waals surface area (Å²) in [7, 11) is 0. The van der Waals surface area contributed by atoms with Crippen LogP contribution in [0.25, 0.3) is 10.8 Å². The van der Waals surface area contributed by atoms with Crippen LogP contribution in [0, 0.1) is 0 Å². The van der Waals surface area contributed by atoms with Gasteiger partial charge in [0.2, 0.25) is 0 Å². The second-order valence-corrected chi connectivity index (χ2v) is 5.38. The first kappa shape index (κ1) is 12.2. The lowest BCUT2D eigenvalue weighted by molar-refractivity contribution is -0.135. The predicted octanol–water partition coefficient (Wildman–Crippen LogP) is 4.28. The first-order valence-corrected chi connectivity index (χ1v) is 7.09. The number of benzene rings is 3. The van der Waals surface area contributed by atoms with E-state index in [-0.39, 0.29) is 11.9 Å². The van der Waals surface area contributed by atoms with Gasteiger partial charge in [0.1, 0.15) is 5.75 Å². The summed E-state index contributed by atoms with van der Waals surface area (Å²) in [6.45, 7) is 0. The SMILES string of the molecule is O=C1C[C@H](c2ccc3ccccc3c2)c2ccccc2O1. The minimum absolute atomic E-state index is 0.0760. The molecule has 1 aliphatic heterocycles. The Balaban J connectivity index is 1.86. The standard InChI is InChI=1S/C19H14O2/c20-19-12-17(16-7-3-4-8-18(16)21-19)15-10-9-13-5-1-2-6-14(13)11-15/h1-11,17H,12H2/t17-/m1/s1. The Morgan fingerprint density at radius 3 is 2.52 bits per heavy atom. The topological polar surface area (TPSA) is 26.3 Å². The van der Waals surface area contributed by atoms with Crippen LogP contribution >= 0.6 is 0 Å². The molecule has 4 rings (SSSR count). The molecule has 102 valence electrons. The van der Waals surface area contributed by atoms with Crippen LogP contribution in [0.3, 0.4) is 0 Å². The van der Waals surface area contributed by atoms with E-state index in [0.29, 0.717) is 12.2 Å². The molecule has 2 heteroatoms. The fourth-order valence-corrected chi connectivity index (χ4v) is 3.02. The average Bonchev–Trinajstić information content (AvgIpc) is 2.53. The van der Waals surface area contributed by atoms with E-state index < -0.39 is 0 Å². The fraction of sp³-hybridized carbons (Fsp3) is 0.105. The summed E-state index contributed by atoms with van der Waals surface area (Å²) in [5.41, 5.74) is 2.25. The maximum absolute atomic E-state index is 11.9. The largest absolute Gasteiger partial charge is 0.426 e. The van der Waals surface area contributed by atoms with Crippen LogP contribution in [0.15, 0.2) is 66.7 Å². The van der Waals surface area contributed by atoms with Crippen molar-refractivity contribution in [2.75, 3.05) is 0 Å². The third-order valence-electron chi connectivity index (χ3n) is 4.06. The molecule has 0 saturated heterocycles. The van der Waals surface area contributed by atoms with Crippen LogP contribution in [0.2, 0.25) is 0 Å². The number of hydrogen-bond donors (Lipinski definition) is 0. The number of fused-ring (bicyclic) bond motifs is 2. The quantitative estimate of drug-likeness (QED) is 0.489. The smallest absolute Gasteiger partial charge is 0.312 e. The van der Waals surface area contributed by atoms with E-state index in [1.54, 1.807) is 0 Å². The van der Waals surface area contributed by atoms with Crippen molar-refractivity contribution in [3.8, 4) is 5.75 Å². The van der Waals surface area contributed by atoms with Crippen molar-refractivity contribution < 1.29 is 9.53 Å². The summed E-state index contributed by atoms with van der Waals surface area (Å²) < 4.78 is 5.33. The molecule has 0 unspecified atom stereocenters. The minimum Gasteiger partial charge on any atom is -0.426 e. The van der Waals surface area contributed by atoms with Crippen LogP contribution < -0.4 is 4.74 Å². The molecular formula is C19H14O2. The van der Waals surface area contributed by atoms with Gasteiger partial charge in [-0.3, -0.25) is 4.79 Å². The van der Waals surface area contributed by atoms with Crippen LogP contribution in [-0.4, -0.2) is 5.97 Å². The summed E-state index contributed by atoms with van der Waals surface area (Å²) in [5, 5.41) is 2.42. The third-order valence-corrected chi connectivity index (χ3v) is 4.06. The molecule has 0 radical (unpaired) electrons. The summed E-state index contributed by atoms with van der Waals surface area (Å²) >= 11 is 0.